The zero-order valence-corrected chi connectivity index (χ0v) is 13.3. The maximum atomic E-state index is 11.7. The maximum absolute atomic E-state index is 11.7. The first-order valence-electron chi connectivity index (χ1n) is 7.22. The summed E-state index contributed by atoms with van der Waals surface area (Å²) >= 11 is 6.24. The van der Waals surface area contributed by atoms with E-state index in [2.05, 4.69) is 11.8 Å². The zero-order chi connectivity index (χ0) is 15.5. The third kappa shape index (κ3) is 3.57. The Kier molecular flexibility index (Phi) is 5.25. The minimum Gasteiger partial charge on any atom is -0.481 e. The Morgan fingerprint density at radius 1 is 1.43 bits per heavy atom. The van der Waals surface area contributed by atoms with Crippen LogP contribution < -0.4 is 0 Å². The van der Waals surface area contributed by atoms with Crippen molar-refractivity contribution in [2.75, 3.05) is 26.8 Å². The fraction of sp³-hybridized carbons (Fsp3) is 0.562. The van der Waals surface area contributed by atoms with Crippen LogP contribution in [0.5, 0.6) is 0 Å². The monoisotopic (exact) mass is 311 g/mol. The Morgan fingerprint density at radius 2 is 2.05 bits per heavy atom. The van der Waals surface area contributed by atoms with E-state index in [4.69, 9.17) is 16.3 Å². The first-order valence-corrected chi connectivity index (χ1v) is 7.60. The Bertz CT molecular complexity index is 500. The quantitative estimate of drug-likeness (QED) is 0.907. The predicted octanol–water partition coefficient (Wildman–Crippen LogP) is 3.21. The average molecular weight is 312 g/mol. The molecular formula is C16H22ClNO3. The summed E-state index contributed by atoms with van der Waals surface area (Å²) in [5.74, 6) is -0.732. The van der Waals surface area contributed by atoms with Crippen molar-refractivity contribution in [2.45, 2.75) is 25.8 Å². The molecule has 1 saturated heterocycles. The molecule has 1 aliphatic heterocycles. The first-order chi connectivity index (χ1) is 9.96. The highest BCUT2D eigenvalue weighted by molar-refractivity contribution is 6.31. The van der Waals surface area contributed by atoms with Crippen LogP contribution in [0.2, 0.25) is 5.02 Å². The molecule has 1 heterocycles. The molecule has 1 aromatic rings. The normalized spacial score (nSPS) is 19.4. The molecule has 21 heavy (non-hydrogen) atoms. The summed E-state index contributed by atoms with van der Waals surface area (Å²) in [6.07, 6.45) is 1.11. The molecule has 1 N–H and O–H groups in total. The van der Waals surface area contributed by atoms with Gasteiger partial charge in [0.2, 0.25) is 0 Å². The molecule has 0 bridgehead atoms. The van der Waals surface area contributed by atoms with Crippen LogP contribution in [0.25, 0.3) is 0 Å². The Balaban J connectivity index is 2.14. The smallest absolute Gasteiger partial charge is 0.311 e. The predicted molar refractivity (Wildman–Crippen MR) is 82.6 cm³/mol. The van der Waals surface area contributed by atoms with E-state index in [1.54, 1.807) is 0 Å². The summed E-state index contributed by atoms with van der Waals surface area (Å²) in [6, 6.07) is 7.77. The minimum absolute atomic E-state index is 0.0674. The lowest BCUT2D eigenvalue weighted by molar-refractivity contribution is -0.156. The van der Waals surface area contributed by atoms with E-state index in [0.717, 1.165) is 5.56 Å². The van der Waals surface area contributed by atoms with Crippen LogP contribution in [0.4, 0.5) is 0 Å². The molecule has 0 radical (unpaired) electrons. The highest BCUT2D eigenvalue weighted by atomic mass is 35.5. The van der Waals surface area contributed by atoms with Crippen molar-refractivity contribution in [1.82, 2.24) is 4.90 Å². The van der Waals surface area contributed by atoms with Crippen LogP contribution in [-0.4, -0.2) is 42.8 Å². The number of ether oxygens (including phenoxy) is 1. The molecule has 1 aliphatic rings. The van der Waals surface area contributed by atoms with Gasteiger partial charge in [0.1, 0.15) is 0 Å². The van der Waals surface area contributed by atoms with E-state index in [1.165, 1.54) is 0 Å². The van der Waals surface area contributed by atoms with Gasteiger partial charge in [-0.2, -0.15) is 0 Å². The van der Waals surface area contributed by atoms with Gasteiger partial charge in [-0.1, -0.05) is 29.8 Å². The lowest BCUT2D eigenvalue weighted by Crippen LogP contribution is -2.46. The number of carbonyl (C=O) groups is 1. The molecule has 0 spiro atoms. The van der Waals surface area contributed by atoms with Gasteiger partial charge in [0, 0.05) is 30.8 Å². The molecule has 0 amide bonds. The van der Waals surface area contributed by atoms with Gasteiger partial charge in [0.25, 0.3) is 0 Å². The summed E-state index contributed by atoms with van der Waals surface area (Å²) in [4.78, 5) is 13.8. The minimum atomic E-state index is -0.732. The third-order valence-corrected chi connectivity index (χ3v) is 4.82. The van der Waals surface area contributed by atoms with Gasteiger partial charge >= 0.3 is 5.97 Å². The highest BCUT2D eigenvalue weighted by Crippen LogP contribution is 2.35. The van der Waals surface area contributed by atoms with E-state index >= 15 is 0 Å². The zero-order valence-electron chi connectivity index (χ0n) is 12.5. The van der Waals surface area contributed by atoms with Crippen molar-refractivity contribution in [3.8, 4) is 0 Å². The molecule has 116 valence electrons. The Morgan fingerprint density at radius 3 is 2.62 bits per heavy atom. The molecule has 5 heteroatoms. The second kappa shape index (κ2) is 6.77. The van der Waals surface area contributed by atoms with Crippen molar-refractivity contribution in [3.63, 3.8) is 0 Å². The number of hydrogen-bond acceptors (Lipinski definition) is 3. The van der Waals surface area contributed by atoms with Crippen molar-refractivity contribution < 1.29 is 14.6 Å². The van der Waals surface area contributed by atoms with Gasteiger partial charge < -0.3 is 9.84 Å². The third-order valence-electron chi connectivity index (χ3n) is 4.47. The van der Waals surface area contributed by atoms with Gasteiger partial charge in [0.15, 0.2) is 0 Å². The van der Waals surface area contributed by atoms with E-state index in [1.807, 2.05) is 31.3 Å². The van der Waals surface area contributed by atoms with Crippen LogP contribution in [0.1, 0.15) is 31.4 Å². The van der Waals surface area contributed by atoms with E-state index in [9.17, 15) is 9.90 Å². The lowest BCUT2D eigenvalue weighted by Gasteiger charge is -2.38. The van der Waals surface area contributed by atoms with Crippen LogP contribution in [0.3, 0.4) is 0 Å². The number of nitrogens with zero attached hydrogens (tertiary/aromatic N) is 1. The number of carboxylic acids is 1. The molecule has 1 aromatic carbocycles. The SMILES string of the molecule is CC(c1ccccc1Cl)N(C)CC1(C(=O)O)CCOCC1. The summed E-state index contributed by atoms with van der Waals surface area (Å²) in [7, 11) is 1.95. The summed E-state index contributed by atoms with van der Waals surface area (Å²) in [5.41, 5.74) is 0.303. The lowest BCUT2D eigenvalue weighted by atomic mass is 9.79. The molecule has 1 fully saturated rings. The molecular weight excluding hydrogens is 290 g/mol. The van der Waals surface area contributed by atoms with E-state index in [0.29, 0.717) is 37.6 Å². The molecule has 1 unspecified atom stereocenters. The molecule has 0 saturated carbocycles. The summed E-state index contributed by atoms with van der Waals surface area (Å²) < 4.78 is 5.32. The Labute approximate surface area is 130 Å². The van der Waals surface area contributed by atoms with Gasteiger partial charge in [-0.3, -0.25) is 9.69 Å². The first kappa shape index (κ1) is 16.3. The molecule has 4 nitrogen and oxygen atoms in total. The number of benzene rings is 1. The number of aliphatic carboxylic acids is 1. The van der Waals surface area contributed by atoms with Crippen LogP contribution in [-0.2, 0) is 9.53 Å². The number of hydrogen-bond donors (Lipinski definition) is 1. The van der Waals surface area contributed by atoms with Gasteiger partial charge in [-0.15, -0.1) is 0 Å². The van der Waals surface area contributed by atoms with Crippen molar-refractivity contribution >= 4 is 17.6 Å². The van der Waals surface area contributed by atoms with Crippen molar-refractivity contribution in [3.05, 3.63) is 34.9 Å². The summed E-state index contributed by atoms with van der Waals surface area (Å²) in [5, 5.41) is 10.4. The highest BCUT2D eigenvalue weighted by Gasteiger charge is 2.41. The molecule has 1 atom stereocenters. The van der Waals surface area contributed by atoms with Gasteiger partial charge in [-0.25, -0.2) is 0 Å². The number of halogens is 1. The maximum Gasteiger partial charge on any atom is 0.311 e. The standard InChI is InChI=1S/C16H22ClNO3/c1-12(13-5-3-4-6-14(13)17)18(2)11-16(15(19)20)7-9-21-10-8-16/h3-6,12H,7-11H2,1-2H3,(H,19,20). The second-order valence-corrected chi connectivity index (χ2v) is 6.22. The van der Waals surface area contributed by atoms with Crippen molar-refractivity contribution in [1.29, 1.82) is 0 Å². The molecule has 2 rings (SSSR count). The van der Waals surface area contributed by atoms with Crippen LogP contribution in [0.15, 0.2) is 24.3 Å². The molecule has 0 aliphatic carbocycles. The fourth-order valence-electron chi connectivity index (χ4n) is 2.87. The Hall–Kier alpha value is -1.10. The number of rotatable bonds is 5. The van der Waals surface area contributed by atoms with Crippen molar-refractivity contribution in [2.24, 2.45) is 5.41 Å². The van der Waals surface area contributed by atoms with E-state index in [-0.39, 0.29) is 6.04 Å². The number of carboxylic acid groups (broad SMARTS) is 1. The van der Waals surface area contributed by atoms with Crippen LogP contribution in [0, 0.1) is 5.41 Å². The molecule has 0 aromatic heterocycles. The van der Waals surface area contributed by atoms with Gasteiger partial charge in [0.05, 0.1) is 5.41 Å². The van der Waals surface area contributed by atoms with E-state index < -0.39 is 11.4 Å². The van der Waals surface area contributed by atoms with Crippen LogP contribution >= 0.6 is 11.6 Å². The topological polar surface area (TPSA) is 49.8 Å². The average Bonchev–Trinajstić information content (AvgIpc) is 2.47. The fourth-order valence-corrected chi connectivity index (χ4v) is 3.16. The largest absolute Gasteiger partial charge is 0.481 e. The summed E-state index contributed by atoms with van der Waals surface area (Å²) in [6.45, 7) is 3.58. The van der Waals surface area contributed by atoms with Gasteiger partial charge in [-0.05, 0) is 38.4 Å². The second-order valence-electron chi connectivity index (χ2n) is 5.81.